The van der Waals surface area contributed by atoms with E-state index in [-0.39, 0.29) is 23.4 Å². The maximum absolute atomic E-state index is 12.9. The normalized spacial score (nSPS) is 18.7. The third-order valence-electron chi connectivity index (χ3n) is 3.07. The summed E-state index contributed by atoms with van der Waals surface area (Å²) in [7, 11) is 0. The monoisotopic (exact) mass is 324 g/mol. The molecule has 2 heterocycles. The molecule has 1 aromatic heterocycles. The van der Waals surface area contributed by atoms with Crippen LogP contribution in [-0.2, 0) is 6.18 Å². The van der Waals surface area contributed by atoms with Gasteiger partial charge >= 0.3 is 6.18 Å². The van der Waals surface area contributed by atoms with Crippen molar-refractivity contribution < 1.29 is 18.3 Å². The molecule has 2 rings (SSSR count). The maximum atomic E-state index is 12.9. The second-order valence-corrected chi connectivity index (χ2v) is 5.37. The largest absolute Gasteiger partial charge is 0.419 e. The summed E-state index contributed by atoms with van der Waals surface area (Å²) in [4.78, 5) is 5.26. The van der Waals surface area contributed by atoms with E-state index in [2.05, 4.69) is 20.9 Å². The van der Waals surface area contributed by atoms with Gasteiger partial charge in [0.2, 0.25) is 0 Å². The van der Waals surface area contributed by atoms with Crippen molar-refractivity contribution in [1.82, 2.24) is 4.98 Å². The summed E-state index contributed by atoms with van der Waals surface area (Å²) in [5, 5.41) is 9.84. The fourth-order valence-corrected chi connectivity index (χ4v) is 2.26. The Morgan fingerprint density at radius 1 is 1.50 bits per heavy atom. The third kappa shape index (κ3) is 2.47. The minimum absolute atomic E-state index is 0.121. The van der Waals surface area contributed by atoms with Crippen LogP contribution in [0.1, 0.15) is 18.9 Å². The van der Waals surface area contributed by atoms with Gasteiger partial charge in [-0.25, -0.2) is 4.98 Å². The van der Waals surface area contributed by atoms with E-state index in [1.165, 1.54) is 11.1 Å². The Morgan fingerprint density at radius 2 is 2.11 bits per heavy atom. The Hall–Kier alpha value is -0.820. The number of pyridine rings is 1. The van der Waals surface area contributed by atoms with Crippen LogP contribution in [0.2, 0.25) is 0 Å². The second-order valence-electron chi connectivity index (χ2n) is 4.46. The first-order valence-electron chi connectivity index (χ1n) is 5.45. The lowest BCUT2D eigenvalue weighted by molar-refractivity contribution is -0.137. The van der Waals surface area contributed by atoms with Crippen molar-refractivity contribution >= 4 is 21.7 Å². The molecule has 1 aliphatic heterocycles. The molecular weight excluding hydrogens is 313 g/mol. The van der Waals surface area contributed by atoms with Crippen LogP contribution >= 0.6 is 15.9 Å². The van der Waals surface area contributed by atoms with Gasteiger partial charge in [-0.2, -0.15) is 13.2 Å². The fourth-order valence-electron chi connectivity index (χ4n) is 1.93. The molecule has 0 aliphatic carbocycles. The average molecular weight is 325 g/mol. The summed E-state index contributed by atoms with van der Waals surface area (Å²) in [5.74, 6) is -0.121. The zero-order chi connectivity index (χ0) is 13.6. The van der Waals surface area contributed by atoms with Gasteiger partial charge in [-0.3, -0.25) is 0 Å². The van der Waals surface area contributed by atoms with Crippen molar-refractivity contribution in [3.8, 4) is 0 Å². The molecule has 18 heavy (non-hydrogen) atoms. The van der Waals surface area contributed by atoms with Gasteiger partial charge < -0.3 is 10.0 Å². The minimum atomic E-state index is -4.45. The van der Waals surface area contributed by atoms with Crippen molar-refractivity contribution in [1.29, 1.82) is 0 Å². The molecule has 0 bridgehead atoms. The fraction of sp³-hybridized carbons (Fsp3) is 0.545. The predicted octanol–water partition coefficient (Wildman–Crippen LogP) is 2.82. The molecule has 7 heteroatoms. The number of anilines is 1. The summed E-state index contributed by atoms with van der Waals surface area (Å²) in [6.45, 7) is 2.17. The van der Waals surface area contributed by atoms with Crippen molar-refractivity contribution in [3.63, 3.8) is 0 Å². The molecule has 1 aromatic rings. The van der Waals surface area contributed by atoms with E-state index in [9.17, 15) is 18.3 Å². The molecule has 0 radical (unpaired) electrons. The highest BCUT2D eigenvalue weighted by Crippen LogP contribution is 2.39. The highest BCUT2D eigenvalue weighted by atomic mass is 79.9. The van der Waals surface area contributed by atoms with Crippen molar-refractivity contribution in [2.75, 3.05) is 18.0 Å². The van der Waals surface area contributed by atoms with Crippen molar-refractivity contribution in [3.05, 3.63) is 22.3 Å². The van der Waals surface area contributed by atoms with Crippen LogP contribution in [0.5, 0.6) is 0 Å². The number of aromatic nitrogens is 1. The molecule has 3 nitrogen and oxygen atoms in total. The number of alkyl halides is 3. The van der Waals surface area contributed by atoms with E-state index in [4.69, 9.17) is 0 Å². The van der Waals surface area contributed by atoms with E-state index < -0.39 is 17.3 Å². The van der Waals surface area contributed by atoms with Crippen LogP contribution in [-0.4, -0.2) is 28.8 Å². The summed E-state index contributed by atoms with van der Waals surface area (Å²) >= 11 is 2.98. The zero-order valence-electron chi connectivity index (χ0n) is 9.63. The molecule has 1 fully saturated rings. The van der Waals surface area contributed by atoms with Gasteiger partial charge in [0.1, 0.15) is 5.82 Å². The summed E-state index contributed by atoms with van der Waals surface area (Å²) in [6, 6.07) is 1.01. The molecule has 0 aromatic carbocycles. The first-order chi connectivity index (χ1) is 8.25. The molecule has 1 N–H and O–H groups in total. The summed E-state index contributed by atoms with van der Waals surface area (Å²) in [6.07, 6.45) is -2.61. The van der Waals surface area contributed by atoms with Gasteiger partial charge in [0, 0.05) is 23.8 Å². The number of rotatable bonds is 2. The maximum Gasteiger partial charge on any atom is 0.419 e. The molecule has 1 saturated heterocycles. The van der Waals surface area contributed by atoms with Crippen molar-refractivity contribution in [2.24, 2.45) is 0 Å². The topological polar surface area (TPSA) is 36.4 Å². The smallest absolute Gasteiger partial charge is 0.386 e. The van der Waals surface area contributed by atoms with Gasteiger partial charge in [-0.1, -0.05) is 6.92 Å². The van der Waals surface area contributed by atoms with Crippen LogP contribution in [0, 0.1) is 0 Å². The van der Waals surface area contributed by atoms with Gasteiger partial charge in [0.05, 0.1) is 11.2 Å². The van der Waals surface area contributed by atoms with Crippen LogP contribution in [0.25, 0.3) is 0 Å². The highest BCUT2D eigenvalue weighted by Gasteiger charge is 2.44. The average Bonchev–Trinajstić information content (AvgIpc) is 2.24. The molecule has 0 amide bonds. The molecule has 0 atom stereocenters. The first kappa shape index (κ1) is 13.6. The summed E-state index contributed by atoms with van der Waals surface area (Å²) < 4.78 is 38.9. The van der Waals surface area contributed by atoms with E-state index >= 15 is 0 Å². The molecular formula is C11H12BrF3N2O. The molecule has 100 valence electrons. The Balaban J connectivity index is 2.30. The molecule has 0 unspecified atom stereocenters. The number of nitrogens with zero attached hydrogens (tertiary/aromatic N) is 2. The Kier molecular flexibility index (Phi) is 3.31. The van der Waals surface area contributed by atoms with Crippen molar-refractivity contribution in [2.45, 2.75) is 25.1 Å². The zero-order valence-corrected chi connectivity index (χ0v) is 11.2. The van der Waals surface area contributed by atoms with E-state index in [0.29, 0.717) is 6.42 Å². The van der Waals surface area contributed by atoms with Crippen LogP contribution < -0.4 is 4.90 Å². The number of aliphatic hydroxyl groups is 1. The predicted molar refractivity (Wildman–Crippen MR) is 64.4 cm³/mol. The van der Waals surface area contributed by atoms with Crippen LogP contribution in [0.15, 0.2) is 16.7 Å². The standard InChI is InChI=1S/C11H12BrF3N2O/c1-2-10(18)5-17(6-10)9-8(11(13,14)15)3-7(12)4-16-9/h3-4,18H,2,5-6H2,1H3. The molecule has 0 spiro atoms. The van der Waals surface area contributed by atoms with Gasteiger partial charge in [0.25, 0.3) is 0 Å². The lowest BCUT2D eigenvalue weighted by Crippen LogP contribution is -2.62. The lowest BCUT2D eigenvalue weighted by Gasteiger charge is -2.47. The summed E-state index contributed by atoms with van der Waals surface area (Å²) in [5.41, 5.74) is -1.67. The number of β-amino-alcohol motifs (C(OH)–C–C–N with tert-alkyl or cyclic N) is 1. The lowest BCUT2D eigenvalue weighted by atomic mass is 9.91. The quantitative estimate of drug-likeness (QED) is 0.908. The second kappa shape index (κ2) is 4.38. The van der Waals surface area contributed by atoms with Gasteiger partial charge in [0.15, 0.2) is 0 Å². The Morgan fingerprint density at radius 3 is 2.61 bits per heavy atom. The van der Waals surface area contributed by atoms with Gasteiger partial charge in [-0.15, -0.1) is 0 Å². The number of hydrogen-bond donors (Lipinski definition) is 1. The highest BCUT2D eigenvalue weighted by molar-refractivity contribution is 9.10. The Bertz CT molecular complexity index is 458. The van der Waals surface area contributed by atoms with Crippen LogP contribution in [0.4, 0.5) is 19.0 Å². The van der Waals surface area contributed by atoms with Gasteiger partial charge in [-0.05, 0) is 28.4 Å². The van der Waals surface area contributed by atoms with E-state index in [1.54, 1.807) is 6.92 Å². The van der Waals surface area contributed by atoms with E-state index in [1.807, 2.05) is 0 Å². The first-order valence-corrected chi connectivity index (χ1v) is 6.24. The number of hydrogen-bond acceptors (Lipinski definition) is 3. The number of halogens is 4. The minimum Gasteiger partial charge on any atom is -0.386 e. The molecule has 1 aliphatic rings. The van der Waals surface area contributed by atoms with Crippen LogP contribution in [0.3, 0.4) is 0 Å². The Labute approximate surface area is 111 Å². The van der Waals surface area contributed by atoms with E-state index in [0.717, 1.165) is 6.07 Å². The SMILES string of the molecule is CCC1(O)CN(c2ncc(Br)cc2C(F)(F)F)C1. The molecule has 0 saturated carbocycles. The third-order valence-corrected chi connectivity index (χ3v) is 3.50.